The van der Waals surface area contributed by atoms with Crippen LogP contribution in [-0.4, -0.2) is 36.5 Å². The predicted molar refractivity (Wildman–Crippen MR) is 53.4 cm³/mol. The third-order valence-corrected chi connectivity index (χ3v) is 1.91. The van der Waals surface area contributed by atoms with Gasteiger partial charge >= 0.3 is 5.97 Å². The predicted octanol–water partition coefficient (Wildman–Crippen LogP) is 1.68. The summed E-state index contributed by atoms with van der Waals surface area (Å²) >= 11 is 0. The van der Waals surface area contributed by atoms with E-state index in [1.807, 2.05) is 13.8 Å². The van der Waals surface area contributed by atoms with Gasteiger partial charge in [-0.15, -0.1) is 0 Å². The Balaban J connectivity index is 3.36. The monoisotopic (exact) mass is 204 g/mol. The van der Waals surface area contributed by atoms with Crippen molar-refractivity contribution >= 4 is 5.97 Å². The number of carboxylic acid groups (broad SMARTS) is 1. The second-order valence-electron chi connectivity index (χ2n) is 3.38. The summed E-state index contributed by atoms with van der Waals surface area (Å²) in [6.07, 6.45) is 1.22. The molecule has 0 aliphatic heterocycles. The van der Waals surface area contributed by atoms with Gasteiger partial charge in [0.05, 0.1) is 31.8 Å². The number of hydrogen-bond donors (Lipinski definition) is 1. The summed E-state index contributed by atoms with van der Waals surface area (Å²) in [5, 5.41) is 8.37. The molecule has 0 bridgehead atoms. The van der Waals surface area contributed by atoms with Crippen LogP contribution in [0, 0.1) is 0 Å². The van der Waals surface area contributed by atoms with Crippen molar-refractivity contribution in [3.63, 3.8) is 0 Å². The quantitative estimate of drug-likeness (QED) is 0.653. The molecule has 0 rings (SSSR count). The first-order chi connectivity index (χ1) is 6.56. The molecule has 0 spiro atoms. The van der Waals surface area contributed by atoms with Gasteiger partial charge < -0.3 is 14.6 Å². The first-order valence-electron chi connectivity index (χ1n) is 5.01. The van der Waals surface area contributed by atoms with Crippen LogP contribution in [0.5, 0.6) is 0 Å². The Bertz CT molecular complexity index is 158. The minimum atomic E-state index is -0.833. The van der Waals surface area contributed by atoms with Crippen LogP contribution >= 0.6 is 0 Å². The van der Waals surface area contributed by atoms with Gasteiger partial charge in [-0.05, 0) is 20.3 Å². The minimum Gasteiger partial charge on any atom is -0.481 e. The number of ether oxygens (including phenoxy) is 2. The maximum absolute atomic E-state index is 10.2. The van der Waals surface area contributed by atoms with Crippen LogP contribution in [0.15, 0.2) is 0 Å². The molecule has 0 heterocycles. The van der Waals surface area contributed by atoms with Gasteiger partial charge in [0, 0.05) is 0 Å². The summed E-state index contributed by atoms with van der Waals surface area (Å²) in [5.74, 6) is -0.833. The van der Waals surface area contributed by atoms with E-state index in [1.54, 1.807) is 0 Å². The molecule has 0 fully saturated rings. The standard InChI is InChI=1S/C10H20O4/c1-4-8(2)14-7-9(3)13-6-5-10(11)12/h8-9H,4-7H2,1-3H3,(H,11,12). The molecular weight excluding hydrogens is 184 g/mol. The fraction of sp³-hybridized carbons (Fsp3) is 0.900. The van der Waals surface area contributed by atoms with E-state index in [0.717, 1.165) is 6.42 Å². The Hall–Kier alpha value is -0.610. The fourth-order valence-electron chi connectivity index (χ4n) is 0.813. The highest BCUT2D eigenvalue weighted by Crippen LogP contribution is 2.00. The Kier molecular flexibility index (Phi) is 7.42. The van der Waals surface area contributed by atoms with Gasteiger partial charge in [-0.1, -0.05) is 6.92 Å². The van der Waals surface area contributed by atoms with Crippen molar-refractivity contribution in [2.45, 2.75) is 45.8 Å². The van der Waals surface area contributed by atoms with Crippen LogP contribution in [0.2, 0.25) is 0 Å². The Morgan fingerprint density at radius 3 is 2.43 bits per heavy atom. The molecule has 84 valence electrons. The third kappa shape index (κ3) is 8.01. The first kappa shape index (κ1) is 13.4. The van der Waals surface area contributed by atoms with Gasteiger partial charge in [0.1, 0.15) is 0 Å². The average Bonchev–Trinajstić information content (AvgIpc) is 2.13. The molecule has 2 unspecified atom stereocenters. The van der Waals surface area contributed by atoms with E-state index in [-0.39, 0.29) is 25.2 Å². The highest BCUT2D eigenvalue weighted by atomic mass is 16.5. The van der Waals surface area contributed by atoms with Crippen LogP contribution in [0.25, 0.3) is 0 Å². The molecule has 4 heteroatoms. The van der Waals surface area contributed by atoms with Gasteiger partial charge in [0.2, 0.25) is 0 Å². The van der Waals surface area contributed by atoms with Crippen molar-refractivity contribution in [1.82, 2.24) is 0 Å². The van der Waals surface area contributed by atoms with Gasteiger partial charge in [0.15, 0.2) is 0 Å². The van der Waals surface area contributed by atoms with Crippen LogP contribution in [-0.2, 0) is 14.3 Å². The smallest absolute Gasteiger partial charge is 0.305 e. The maximum atomic E-state index is 10.2. The number of hydrogen-bond acceptors (Lipinski definition) is 3. The Morgan fingerprint density at radius 1 is 1.29 bits per heavy atom. The maximum Gasteiger partial charge on any atom is 0.305 e. The summed E-state index contributed by atoms with van der Waals surface area (Å²) in [7, 11) is 0. The molecule has 0 radical (unpaired) electrons. The van der Waals surface area contributed by atoms with Crippen molar-refractivity contribution in [2.75, 3.05) is 13.2 Å². The van der Waals surface area contributed by atoms with E-state index >= 15 is 0 Å². The largest absolute Gasteiger partial charge is 0.481 e. The van der Waals surface area contributed by atoms with Crippen LogP contribution in [0.1, 0.15) is 33.6 Å². The number of carbonyl (C=O) groups is 1. The van der Waals surface area contributed by atoms with E-state index in [2.05, 4.69) is 6.92 Å². The molecule has 2 atom stereocenters. The third-order valence-electron chi connectivity index (χ3n) is 1.91. The van der Waals surface area contributed by atoms with Crippen molar-refractivity contribution < 1.29 is 19.4 Å². The molecule has 4 nitrogen and oxygen atoms in total. The lowest BCUT2D eigenvalue weighted by atomic mass is 10.3. The van der Waals surface area contributed by atoms with Gasteiger partial charge in [-0.3, -0.25) is 4.79 Å². The Labute approximate surface area is 85.2 Å². The van der Waals surface area contributed by atoms with Crippen LogP contribution < -0.4 is 0 Å². The summed E-state index contributed by atoms with van der Waals surface area (Å²) in [5.41, 5.74) is 0. The van der Waals surface area contributed by atoms with Crippen molar-refractivity contribution in [3.05, 3.63) is 0 Å². The summed E-state index contributed by atoms with van der Waals surface area (Å²) in [6, 6.07) is 0. The molecule has 14 heavy (non-hydrogen) atoms. The minimum absolute atomic E-state index is 0.0386. The van der Waals surface area contributed by atoms with E-state index in [0.29, 0.717) is 6.61 Å². The Morgan fingerprint density at radius 2 is 1.93 bits per heavy atom. The zero-order valence-corrected chi connectivity index (χ0v) is 9.16. The zero-order valence-electron chi connectivity index (χ0n) is 9.16. The van der Waals surface area contributed by atoms with Crippen LogP contribution in [0.4, 0.5) is 0 Å². The van der Waals surface area contributed by atoms with Crippen molar-refractivity contribution in [3.8, 4) is 0 Å². The molecule has 1 N–H and O–H groups in total. The molecule has 0 saturated carbocycles. The van der Waals surface area contributed by atoms with Gasteiger partial charge in [0.25, 0.3) is 0 Å². The fourth-order valence-corrected chi connectivity index (χ4v) is 0.813. The second kappa shape index (κ2) is 7.76. The summed E-state index contributed by atoms with van der Waals surface area (Å²) in [6.45, 7) is 6.71. The van der Waals surface area contributed by atoms with E-state index in [4.69, 9.17) is 14.6 Å². The molecule has 0 aromatic carbocycles. The molecular formula is C10H20O4. The van der Waals surface area contributed by atoms with Crippen molar-refractivity contribution in [1.29, 1.82) is 0 Å². The van der Waals surface area contributed by atoms with E-state index in [9.17, 15) is 4.79 Å². The van der Waals surface area contributed by atoms with E-state index in [1.165, 1.54) is 0 Å². The summed E-state index contributed by atoms with van der Waals surface area (Å²) in [4.78, 5) is 10.2. The summed E-state index contributed by atoms with van der Waals surface area (Å²) < 4.78 is 10.7. The molecule has 0 aliphatic rings. The lowest BCUT2D eigenvalue weighted by Gasteiger charge is -2.16. The van der Waals surface area contributed by atoms with Gasteiger partial charge in [-0.25, -0.2) is 0 Å². The highest BCUT2D eigenvalue weighted by Gasteiger charge is 2.06. The SMILES string of the molecule is CCC(C)OCC(C)OCCC(=O)O. The number of rotatable bonds is 8. The van der Waals surface area contributed by atoms with Gasteiger partial charge in [-0.2, -0.15) is 0 Å². The van der Waals surface area contributed by atoms with Crippen LogP contribution in [0.3, 0.4) is 0 Å². The van der Waals surface area contributed by atoms with E-state index < -0.39 is 5.97 Å². The average molecular weight is 204 g/mol. The van der Waals surface area contributed by atoms with Crippen molar-refractivity contribution in [2.24, 2.45) is 0 Å². The molecule has 0 amide bonds. The molecule has 0 aromatic heterocycles. The molecule has 0 aromatic rings. The first-order valence-corrected chi connectivity index (χ1v) is 5.01. The number of carboxylic acids is 1. The molecule has 0 saturated heterocycles. The molecule has 0 aliphatic carbocycles. The lowest BCUT2D eigenvalue weighted by molar-refractivity contribution is -0.139. The number of aliphatic carboxylic acids is 1. The normalized spacial score (nSPS) is 15.1. The second-order valence-corrected chi connectivity index (χ2v) is 3.38. The lowest BCUT2D eigenvalue weighted by Crippen LogP contribution is -2.21. The topological polar surface area (TPSA) is 55.8 Å². The highest BCUT2D eigenvalue weighted by molar-refractivity contribution is 5.66. The zero-order chi connectivity index (χ0) is 11.0.